The molecule has 1 nitrogen and oxygen atoms in total. The average Bonchev–Trinajstić information content (AvgIpc) is 2.79. The molecule has 108 valence electrons. The molecule has 0 aliphatic heterocycles. The van der Waals surface area contributed by atoms with Gasteiger partial charge in [-0.3, -0.25) is 0 Å². The van der Waals surface area contributed by atoms with Gasteiger partial charge in [-0.25, -0.2) is 0 Å². The van der Waals surface area contributed by atoms with E-state index in [1.165, 1.54) is 16.0 Å². The maximum Gasteiger partial charge on any atom is 0.0960 e. The molecular formula is C17H22ClNS. The van der Waals surface area contributed by atoms with E-state index in [4.69, 9.17) is 11.6 Å². The van der Waals surface area contributed by atoms with Crippen molar-refractivity contribution in [1.29, 1.82) is 0 Å². The zero-order valence-electron chi connectivity index (χ0n) is 12.3. The summed E-state index contributed by atoms with van der Waals surface area (Å²) in [6, 6.07) is 13.2. The molecule has 0 fully saturated rings. The van der Waals surface area contributed by atoms with Crippen LogP contribution in [0.5, 0.6) is 0 Å². The van der Waals surface area contributed by atoms with Crippen molar-refractivity contribution in [2.24, 2.45) is 0 Å². The van der Waals surface area contributed by atoms with Crippen molar-refractivity contribution in [2.75, 3.05) is 6.54 Å². The highest BCUT2D eigenvalue weighted by Crippen LogP contribution is 2.37. The number of rotatable bonds is 6. The molecule has 1 N–H and O–H groups in total. The highest BCUT2D eigenvalue weighted by atomic mass is 35.5. The molecule has 0 radical (unpaired) electrons. The lowest BCUT2D eigenvalue weighted by Crippen LogP contribution is -2.26. The third-order valence-electron chi connectivity index (χ3n) is 3.62. The van der Waals surface area contributed by atoms with Gasteiger partial charge in [0.1, 0.15) is 0 Å². The van der Waals surface area contributed by atoms with Crippen LogP contribution in [-0.4, -0.2) is 6.54 Å². The van der Waals surface area contributed by atoms with Gasteiger partial charge in [-0.05, 0) is 37.1 Å². The van der Waals surface area contributed by atoms with Crippen LogP contribution in [0.25, 0.3) is 0 Å². The first kappa shape index (κ1) is 15.6. The topological polar surface area (TPSA) is 12.0 Å². The van der Waals surface area contributed by atoms with E-state index < -0.39 is 0 Å². The number of nitrogens with one attached hydrogen (secondary N) is 1. The molecule has 0 aliphatic rings. The Morgan fingerprint density at radius 1 is 1.25 bits per heavy atom. The van der Waals surface area contributed by atoms with Gasteiger partial charge in [0.25, 0.3) is 0 Å². The molecule has 1 heterocycles. The van der Waals surface area contributed by atoms with Gasteiger partial charge >= 0.3 is 0 Å². The Morgan fingerprint density at radius 3 is 2.50 bits per heavy atom. The molecule has 0 amide bonds. The van der Waals surface area contributed by atoms with Crippen LogP contribution in [0.1, 0.15) is 48.2 Å². The van der Waals surface area contributed by atoms with Crippen LogP contribution in [0.15, 0.2) is 36.4 Å². The first-order chi connectivity index (χ1) is 9.63. The van der Waals surface area contributed by atoms with Crippen LogP contribution in [0.3, 0.4) is 0 Å². The van der Waals surface area contributed by atoms with Gasteiger partial charge < -0.3 is 5.32 Å². The molecule has 0 spiro atoms. The van der Waals surface area contributed by atoms with Gasteiger partial charge in [0.05, 0.1) is 4.34 Å². The van der Waals surface area contributed by atoms with Crippen molar-refractivity contribution < 1.29 is 0 Å². The third kappa shape index (κ3) is 3.63. The standard InChI is InChI=1S/C17H22ClNS/c1-4-10-19-16(15-11-12(2)17(18)20-15)13(3)14-8-6-5-7-9-14/h5-9,11,13,16,19H,4,10H2,1-3H3. The van der Waals surface area contributed by atoms with Crippen molar-refractivity contribution in [3.8, 4) is 0 Å². The van der Waals surface area contributed by atoms with Gasteiger partial charge in [0, 0.05) is 16.8 Å². The highest BCUT2D eigenvalue weighted by molar-refractivity contribution is 7.16. The molecule has 1 aromatic heterocycles. The van der Waals surface area contributed by atoms with Crippen LogP contribution in [0.4, 0.5) is 0 Å². The fourth-order valence-corrected chi connectivity index (χ4v) is 3.81. The van der Waals surface area contributed by atoms with Gasteiger partial charge in [-0.15, -0.1) is 11.3 Å². The third-order valence-corrected chi connectivity index (χ3v) is 5.26. The molecule has 2 unspecified atom stereocenters. The van der Waals surface area contributed by atoms with Gasteiger partial charge in [0.2, 0.25) is 0 Å². The van der Waals surface area contributed by atoms with Crippen molar-refractivity contribution in [1.82, 2.24) is 5.32 Å². The first-order valence-corrected chi connectivity index (χ1v) is 8.37. The van der Waals surface area contributed by atoms with Crippen LogP contribution >= 0.6 is 22.9 Å². The normalized spacial score (nSPS) is 14.2. The van der Waals surface area contributed by atoms with E-state index in [1.54, 1.807) is 11.3 Å². The van der Waals surface area contributed by atoms with Gasteiger partial charge in [-0.2, -0.15) is 0 Å². The Kier molecular flexibility index (Phi) is 5.64. The van der Waals surface area contributed by atoms with E-state index in [9.17, 15) is 0 Å². The molecule has 0 aliphatic carbocycles. The summed E-state index contributed by atoms with van der Waals surface area (Å²) in [5.41, 5.74) is 2.54. The van der Waals surface area contributed by atoms with E-state index in [1.807, 2.05) is 0 Å². The minimum absolute atomic E-state index is 0.327. The lowest BCUT2D eigenvalue weighted by Gasteiger charge is -2.24. The lowest BCUT2D eigenvalue weighted by atomic mass is 9.92. The van der Waals surface area contributed by atoms with Crippen LogP contribution in [-0.2, 0) is 0 Å². The summed E-state index contributed by atoms with van der Waals surface area (Å²) in [5.74, 6) is 0.428. The summed E-state index contributed by atoms with van der Waals surface area (Å²) in [4.78, 5) is 1.33. The maximum atomic E-state index is 6.25. The predicted octanol–water partition coefficient (Wildman–Crippen LogP) is 5.55. The zero-order valence-corrected chi connectivity index (χ0v) is 13.9. The zero-order chi connectivity index (χ0) is 14.5. The van der Waals surface area contributed by atoms with Crippen molar-refractivity contribution in [2.45, 2.75) is 39.2 Å². The molecule has 0 saturated heterocycles. The number of thiophene rings is 1. The van der Waals surface area contributed by atoms with Crippen molar-refractivity contribution >= 4 is 22.9 Å². The average molecular weight is 308 g/mol. The molecule has 3 heteroatoms. The van der Waals surface area contributed by atoms with Crippen LogP contribution < -0.4 is 5.32 Å². The monoisotopic (exact) mass is 307 g/mol. The predicted molar refractivity (Wildman–Crippen MR) is 90.0 cm³/mol. The first-order valence-electron chi connectivity index (χ1n) is 7.17. The highest BCUT2D eigenvalue weighted by Gasteiger charge is 2.22. The minimum atomic E-state index is 0.327. The largest absolute Gasteiger partial charge is 0.309 e. The van der Waals surface area contributed by atoms with E-state index in [0.717, 1.165) is 17.3 Å². The molecule has 20 heavy (non-hydrogen) atoms. The van der Waals surface area contributed by atoms with Crippen LogP contribution in [0.2, 0.25) is 4.34 Å². The second-order valence-corrected chi connectivity index (χ2v) is 6.92. The smallest absolute Gasteiger partial charge is 0.0960 e. The lowest BCUT2D eigenvalue weighted by molar-refractivity contribution is 0.473. The van der Waals surface area contributed by atoms with E-state index in [-0.39, 0.29) is 0 Å². The van der Waals surface area contributed by atoms with Crippen molar-refractivity contribution in [3.63, 3.8) is 0 Å². The molecule has 2 atom stereocenters. The maximum absolute atomic E-state index is 6.25. The van der Waals surface area contributed by atoms with E-state index in [2.05, 4.69) is 62.5 Å². The Balaban J connectivity index is 2.27. The van der Waals surface area contributed by atoms with Crippen molar-refractivity contribution in [3.05, 3.63) is 56.7 Å². The molecule has 0 saturated carbocycles. The minimum Gasteiger partial charge on any atom is -0.309 e. The molecular weight excluding hydrogens is 286 g/mol. The fraction of sp³-hybridized carbons (Fsp3) is 0.412. The molecule has 2 rings (SSSR count). The Bertz CT molecular complexity index is 516. The van der Waals surface area contributed by atoms with Crippen LogP contribution in [0, 0.1) is 6.92 Å². The fourth-order valence-electron chi connectivity index (χ4n) is 2.41. The number of halogens is 1. The Morgan fingerprint density at radius 2 is 1.95 bits per heavy atom. The van der Waals surface area contributed by atoms with E-state index in [0.29, 0.717) is 12.0 Å². The Labute approximate surface area is 131 Å². The van der Waals surface area contributed by atoms with Gasteiger partial charge in [-0.1, -0.05) is 55.8 Å². The Hall–Kier alpha value is -0.830. The summed E-state index contributed by atoms with van der Waals surface area (Å²) in [7, 11) is 0. The second-order valence-electron chi connectivity index (χ2n) is 5.24. The summed E-state index contributed by atoms with van der Waals surface area (Å²) >= 11 is 7.95. The molecule has 1 aromatic carbocycles. The quantitative estimate of drug-likeness (QED) is 0.737. The number of benzene rings is 1. The SMILES string of the molecule is CCCNC(c1cc(C)c(Cl)s1)C(C)c1ccccc1. The summed E-state index contributed by atoms with van der Waals surface area (Å²) in [6.45, 7) is 7.58. The molecule has 2 aromatic rings. The second kappa shape index (κ2) is 7.26. The number of hydrogen-bond donors (Lipinski definition) is 1. The summed E-state index contributed by atoms with van der Waals surface area (Å²) < 4.78 is 0.906. The number of hydrogen-bond acceptors (Lipinski definition) is 2. The number of aryl methyl sites for hydroxylation is 1. The molecule has 0 bridgehead atoms. The van der Waals surface area contributed by atoms with Gasteiger partial charge in [0.15, 0.2) is 0 Å². The van der Waals surface area contributed by atoms with E-state index >= 15 is 0 Å². The summed E-state index contributed by atoms with van der Waals surface area (Å²) in [6.07, 6.45) is 1.14. The summed E-state index contributed by atoms with van der Waals surface area (Å²) in [5, 5.41) is 3.68.